The molecular formula is C8H16NO2. The molecule has 0 aromatic rings. The SMILES string of the molecule is CC[CH]O/C(C)=N/OCCC. The Balaban J connectivity index is 3.30. The zero-order chi connectivity index (χ0) is 8.53. The lowest BCUT2D eigenvalue weighted by molar-refractivity contribution is 0.135. The van der Waals surface area contributed by atoms with E-state index in [1.165, 1.54) is 0 Å². The van der Waals surface area contributed by atoms with Crippen molar-refractivity contribution in [3.05, 3.63) is 6.61 Å². The van der Waals surface area contributed by atoms with Crippen molar-refractivity contribution in [3.8, 4) is 0 Å². The molecule has 0 unspecified atom stereocenters. The summed E-state index contributed by atoms with van der Waals surface area (Å²) < 4.78 is 5.04. The van der Waals surface area contributed by atoms with E-state index in [1.807, 2.05) is 13.8 Å². The molecule has 0 rings (SSSR count). The van der Waals surface area contributed by atoms with Crippen LogP contribution in [0.2, 0.25) is 0 Å². The van der Waals surface area contributed by atoms with Crippen molar-refractivity contribution in [2.24, 2.45) is 5.16 Å². The smallest absolute Gasteiger partial charge is 0.222 e. The quantitative estimate of drug-likeness (QED) is 0.266. The van der Waals surface area contributed by atoms with Gasteiger partial charge in [0.15, 0.2) is 0 Å². The number of nitrogens with zero attached hydrogens (tertiary/aromatic N) is 1. The second-order valence-electron chi connectivity index (χ2n) is 2.14. The topological polar surface area (TPSA) is 30.8 Å². The number of ether oxygens (including phenoxy) is 1. The third-order valence-corrected chi connectivity index (χ3v) is 0.909. The highest BCUT2D eigenvalue weighted by atomic mass is 16.6. The van der Waals surface area contributed by atoms with Crippen LogP contribution in [0.5, 0.6) is 0 Å². The lowest BCUT2D eigenvalue weighted by atomic mass is 10.5. The van der Waals surface area contributed by atoms with Gasteiger partial charge in [-0.3, -0.25) is 0 Å². The summed E-state index contributed by atoms with van der Waals surface area (Å²) in [4.78, 5) is 4.88. The zero-order valence-electron chi connectivity index (χ0n) is 7.46. The third-order valence-electron chi connectivity index (χ3n) is 0.909. The van der Waals surface area contributed by atoms with E-state index < -0.39 is 0 Å². The first-order valence-corrected chi connectivity index (χ1v) is 3.96. The van der Waals surface area contributed by atoms with Crippen molar-refractivity contribution in [1.82, 2.24) is 0 Å². The highest BCUT2D eigenvalue weighted by Crippen LogP contribution is 1.91. The van der Waals surface area contributed by atoms with Gasteiger partial charge in [-0.05, 0) is 12.8 Å². The molecule has 0 aromatic heterocycles. The van der Waals surface area contributed by atoms with Crippen molar-refractivity contribution in [1.29, 1.82) is 0 Å². The highest BCUT2D eigenvalue weighted by molar-refractivity contribution is 5.72. The van der Waals surface area contributed by atoms with Gasteiger partial charge in [-0.2, -0.15) is 0 Å². The van der Waals surface area contributed by atoms with Crippen LogP contribution in [0, 0.1) is 6.61 Å². The summed E-state index contributed by atoms with van der Waals surface area (Å²) in [5.74, 6) is 0.556. The highest BCUT2D eigenvalue weighted by Gasteiger charge is 1.90. The maximum Gasteiger partial charge on any atom is 0.222 e. The Morgan fingerprint density at radius 3 is 2.73 bits per heavy atom. The van der Waals surface area contributed by atoms with E-state index in [1.54, 1.807) is 13.5 Å². The summed E-state index contributed by atoms with van der Waals surface area (Å²) in [5, 5.41) is 3.71. The first kappa shape index (κ1) is 10.3. The predicted octanol–water partition coefficient (Wildman–Crippen LogP) is 2.33. The fraction of sp³-hybridized carbons (Fsp3) is 0.750. The predicted molar refractivity (Wildman–Crippen MR) is 45.0 cm³/mol. The molecule has 11 heavy (non-hydrogen) atoms. The maximum atomic E-state index is 5.04. The summed E-state index contributed by atoms with van der Waals surface area (Å²) in [6.07, 6.45) is 1.84. The molecule has 0 aliphatic heterocycles. The minimum atomic E-state index is 0.556. The first-order valence-electron chi connectivity index (χ1n) is 3.96. The first-order chi connectivity index (χ1) is 5.31. The molecule has 65 valence electrons. The molecule has 3 nitrogen and oxygen atoms in total. The molecule has 0 aliphatic rings. The van der Waals surface area contributed by atoms with Crippen molar-refractivity contribution in [3.63, 3.8) is 0 Å². The number of oxime groups is 1. The normalized spacial score (nSPS) is 11.4. The molecule has 0 fully saturated rings. The molecule has 1 radical (unpaired) electrons. The molecule has 0 saturated carbocycles. The van der Waals surface area contributed by atoms with Gasteiger partial charge in [0.1, 0.15) is 13.2 Å². The molecule has 0 heterocycles. The molecule has 0 N–H and O–H groups in total. The van der Waals surface area contributed by atoms with Gasteiger partial charge in [0.2, 0.25) is 5.90 Å². The Kier molecular flexibility index (Phi) is 6.89. The molecule has 0 saturated heterocycles. The summed E-state index contributed by atoms with van der Waals surface area (Å²) >= 11 is 0. The zero-order valence-corrected chi connectivity index (χ0v) is 7.46. The van der Waals surface area contributed by atoms with Crippen LogP contribution in [0.25, 0.3) is 0 Å². The van der Waals surface area contributed by atoms with Crippen LogP contribution in [0.1, 0.15) is 33.6 Å². The third kappa shape index (κ3) is 7.16. The van der Waals surface area contributed by atoms with Crippen molar-refractivity contribution in [2.75, 3.05) is 6.61 Å². The number of hydrogen-bond donors (Lipinski definition) is 0. The van der Waals surface area contributed by atoms with Crippen LogP contribution < -0.4 is 0 Å². The minimum Gasteiger partial charge on any atom is -0.472 e. The summed E-state index contributed by atoms with van der Waals surface area (Å²) in [5.41, 5.74) is 0. The molecular weight excluding hydrogens is 142 g/mol. The van der Waals surface area contributed by atoms with Gasteiger partial charge in [0.05, 0.1) is 0 Å². The van der Waals surface area contributed by atoms with Crippen molar-refractivity contribution in [2.45, 2.75) is 33.6 Å². The summed E-state index contributed by atoms with van der Waals surface area (Å²) in [6.45, 7) is 8.13. The summed E-state index contributed by atoms with van der Waals surface area (Å²) in [6, 6.07) is 0. The Morgan fingerprint density at radius 2 is 2.18 bits per heavy atom. The van der Waals surface area contributed by atoms with Crippen molar-refractivity contribution >= 4 is 5.90 Å². The Bertz CT molecular complexity index is 113. The number of hydrogen-bond acceptors (Lipinski definition) is 3. The van der Waals surface area contributed by atoms with Crippen LogP contribution >= 0.6 is 0 Å². The monoisotopic (exact) mass is 158 g/mol. The van der Waals surface area contributed by atoms with Gasteiger partial charge < -0.3 is 9.57 Å². The molecule has 3 heteroatoms. The van der Waals surface area contributed by atoms with Gasteiger partial charge in [0, 0.05) is 6.92 Å². The second-order valence-corrected chi connectivity index (χ2v) is 2.14. The molecule has 0 bridgehead atoms. The van der Waals surface area contributed by atoms with Crippen LogP contribution in [0.3, 0.4) is 0 Å². The second kappa shape index (κ2) is 7.38. The van der Waals surface area contributed by atoms with Crippen LogP contribution in [-0.4, -0.2) is 12.5 Å². The maximum absolute atomic E-state index is 5.04. The summed E-state index contributed by atoms with van der Waals surface area (Å²) in [7, 11) is 0. The Hall–Kier alpha value is -0.730. The molecule has 0 aliphatic carbocycles. The van der Waals surface area contributed by atoms with E-state index in [4.69, 9.17) is 9.57 Å². The van der Waals surface area contributed by atoms with E-state index in [-0.39, 0.29) is 0 Å². The van der Waals surface area contributed by atoms with E-state index >= 15 is 0 Å². The minimum absolute atomic E-state index is 0.556. The van der Waals surface area contributed by atoms with Crippen LogP contribution in [0.15, 0.2) is 5.16 Å². The van der Waals surface area contributed by atoms with Gasteiger partial charge in [0.25, 0.3) is 0 Å². The van der Waals surface area contributed by atoms with Crippen molar-refractivity contribution < 1.29 is 9.57 Å². The molecule has 0 amide bonds. The van der Waals surface area contributed by atoms with Gasteiger partial charge in [-0.1, -0.05) is 19.0 Å². The van der Waals surface area contributed by atoms with E-state index in [0.717, 1.165) is 12.8 Å². The lowest BCUT2D eigenvalue weighted by Gasteiger charge is -2.01. The average molecular weight is 158 g/mol. The fourth-order valence-electron chi connectivity index (χ4n) is 0.453. The lowest BCUT2D eigenvalue weighted by Crippen LogP contribution is -1.98. The van der Waals surface area contributed by atoms with Crippen LogP contribution in [0.4, 0.5) is 0 Å². The van der Waals surface area contributed by atoms with E-state index in [0.29, 0.717) is 12.5 Å². The largest absolute Gasteiger partial charge is 0.472 e. The standard InChI is InChI=1S/C8H16NO2/c1-4-6-10-8(3)9-11-7-5-2/h6H,4-5,7H2,1-3H3/b9-8+. The number of rotatable bonds is 5. The van der Waals surface area contributed by atoms with Gasteiger partial charge in [-0.15, -0.1) is 0 Å². The Labute approximate surface area is 68.4 Å². The van der Waals surface area contributed by atoms with E-state index in [9.17, 15) is 0 Å². The fourth-order valence-corrected chi connectivity index (χ4v) is 0.453. The Morgan fingerprint density at radius 1 is 1.45 bits per heavy atom. The molecule has 0 aromatic carbocycles. The van der Waals surface area contributed by atoms with Gasteiger partial charge in [-0.25, -0.2) is 0 Å². The van der Waals surface area contributed by atoms with Gasteiger partial charge >= 0.3 is 0 Å². The molecule has 0 spiro atoms. The van der Waals surface area contributed by atoms with E-state index in [2.05, 4.69) is 5.16 Å². The molecule has 0 atom stereocenters. The average Bonchev–Trinajstić information content (AvgIpc) is 2.01. The van der Waals surface area contributed by atoms with Crippen LogP contribution in [-0.2, 0) is 9.57 Å².